The van der Waals surface area contributed by atoms with Gasteiger partial charge in [-0.05, 0) is 23.8 Å². The molecule has 1 aliphatic heterocycles. The van der Waals surface area contributed by atoms with E-state index >= 15 is 0 Å². The summed E-state index contributed by atoms with van der Waals surface area (Å²) in [4.78, 5) is 22.1. The van der Waals surface area contributed by atoms with Crippen LogP contribution in [-0.2, 0) is 11.3 Å². The Bertz CT molecular complexity index is 914. The van der Waals surface area contributed by atoms with E-state index in [1.165, 1.54) is 5.56 Å². The van der Waals surface area contributed by atoms with E-state index in [-0.39, 0.29) is 5.56 Å². The van der Waals surface area contributed by atoms with E-state index in [2.05, 4.69) is 27.0 Å². The third-order valence-corrected chi connectivity index (χ3v) is 4.32. The van der Waals surface area contributed by atoms with Crippen LogP contribution >= 0.6 is 0 Å². The Morgan fingerprint density at radius 1 is 1.08 bits per heavy atom. The lowest BCUT2D eigenvalue weighted by Crippen LogP contribution is -2.35. The van der Waals surface area contributed by atoms with Gasteiger partial charge < -0.3 is 9.72 Å². The predicted octanol–water partition coefficient (Wildman–Crippen LogP) is 2.42. The number of H-pyrrole nitrogens is 1. The van der Waals surface area contributed by atoms with Gasteiger partial charge in [0.25, 0.3) is 5.56 Å². The van der Waals surface area contributed by atoms with Gasteiger partial charge in [0, 0.05) is 25.2 Å². The summed E-state index contributed by atoms with van der Waals surface area (Å²) in [5, 5.41) is 0.616. The van der Waals surface area contributed by atoms with Gasteiger partial charge in [-0.3, -0.25) is 9.69 Å². The first-order valence-corrected chi connectivity index (χ1v) is 8.18. The molecule has 0 aliphatic carbocycles. The largest absolute Gasteiger partial charge is 0.379 e. The normalized spacial score (nSPS) is 15.7. The topological polar surface area (TPSA) is 58.2 Å². The summed E-state index contributed by atoms with van der Waals surface area (Å²) in [6.45, 7) is 4.37. The molecular weight excluding hydrogens is 302 g/mol. The van der Waals surface area contributed by atoms with E-state index in [1.54, 1.807) is 6.07 Å². The van der Waals surface area contributed by atoms with E-state index in [4.69, 9.17) is 4.74 Å². The van der Waals surface area contributed by atoms with Crippen molar-refractivity contribution < 1.29 is 4.74 Å². The number of hydrogen-bond donors (Lipinski definition) is 1. The highest BCUT2D eigenvalue weighted by Crippen LogP contribution is 2.19. The van der Waals surface area contributed by atoms with Crippen LogP contribution in [0.2, 0.25) is 0 Å². The van der Waals surface area contributed by atoms with Crippen LogP contribution in [0.4, 0.5) is 0 Å². The maximum atomic E-state index is 12.3. The highest BCUT2D eigenvalue weighted by atomic mass is 16.5. The van der Waals surface area contributed by atoms with E-state index in [1.807, 2.05) is 30.3 Å². The Morgan fingerprint density at radius 2 is 1.92 bits per heavy atom. The number of nitrogens with one attached hydrogen (secondary N) is 1. The van der Waals surface area contributed by atoms with Gasteiger partial charge in [-0.25, -0.2) is 4.98 Å². The van der Waals surface area contributed by atoms with Crippen molar-refractivity contribution in [2.75, 3.05) is 26.3 Å². The monoisotopic (exact) mass is 321 g/mol. The smallest absolute Gasteiger partial charge is 0.259 e. The average molecular weight is 321 g/mol. The Hall–Kier alpha value is -2.50. The van der Waals surface area contributed by atoms with Crippen molar-refractivity contribution in [3.05, 3.63) is 64.4 Å². The second-order valence-corrected chi connectivity index (χ2v) is 6.02. The van der Waals surface area contributed by atoms with E-state index in [0.29, 0.717) is 11.2 Å². The number of hydrogen-bond acceptors (Lipinski definition) is 4. The molecule has 24 heavy (non-hydrogen) atoms. The molecule has 0 spiro atoms. The molecule has 1 fully saturated rings. The number of morpholine rings is 1. The van der Waals surface area contributed by atoms with Crippen molar-refractivity contribution in [3.63, 3.8) is 0 Å². The van der Waals surface area contributed by atoms with Crippen LogP contribution in [0.1, 0.15) is 5.56 Å². The van der Waals surface area contributed by atoms with Crippen LogP contribution in [-0.4, -0.2) is 41.2 Å². The van der Waals surface area contributed by atoms with Crippen LogP contribution in [0.5, 0.6) is 0 Å². The molecule has 0 bridgehead atoms. The van der Waals surface area contributed by atoms with Gasteiger partial charge in [-0.15, -0.1) is 0 Å². The fourth-order valence-electron chi connectivity index (χ4n) is 3.06. The van der Waals surface area contributed by atoms with Crippen LogP contribution in [0.25, 0.3) is 22.3 Å². The van der Waals surface area contributed by atoms with Crippen LogP contribution in [0, 0.1) is 0 Å². The fourth-order valence-corrected chi connectivity index (χ4v) is 3.06. The summed E-state index contributed by atoms with van der Waals surface area (Å²) in [6, 6.07) is 15.6. The number of para-hydroxylation sites is 1. The standard InChI is InChI=1S/C19H19N3O2/c23-19-16-6-1-2-7-17(16)20-18(21-19)15-5-3-4-14(12-15)13-22-8-10-24-11-9-22/h1-7,12H,8-11,13H2,(H,20,21,23). The molecule has 4 rings (SSSR count). The minimum absolute atomic E-state index is 0.103. The maximum absolute atomic E-state index is 12.3. The summed E-state index contributed by atoms with van der Waals surface area (Å²) >= 11 is 0. The number of aromatic nitrogens is 2. The molecule has 0 radical (unpaired) electrons. The second-order valence-electron chi connectivity index (χ2n) is 6.02. The molecule has 2 heterocycles. The lowest BCUT2D eigenvalue weighted by molar-refractivity contribution is 0.0342. The molecule has 0 atom stereocenters. The number of nitrogens with zero attached hydrogens (tertiary/aromatic N) is 2. The molecule has 5 nitrogen and oxygen atoms in total. The third kappa shape index (κ3) is 3.09. The number of rotatable bonds is 3. The van der Waals surface area contributed by atoms with Gasteiger partial charge in [0.1, 0.15) is 5.82 Å². The minimum atomic E-state index is -0.103. The summed E-state index contributed by atoms with van der Waals surface area (Å²) < 4.78 is 5.39. The van der Waals surface area contributed by atoms with E-state index < -0.39 is 0 Å². The number of benzene rings is 2. The fraction of sp³-hybridized carbons (Fsp3) is 0.263. The average Bonchev–Trinajstić information content (AvgIpc) is 2.63. The lowest BCUT2D eigenvalue weighted by atomic mass is 10.1. The molecule has 5 heteroatoms. The molecule has 2 aromatic carbocycles. The first kappa shape index (κ1) is 15.1. The predicted molar refractivity (Wildman–Crippen MR) is 93.9 cm³/mol. The molecule has 0 saturated carbocycles. The Balaban J connectivity index is 1.66. The maximum Gasteiger partial charge on any atom is 0.259 e. The van der Waals surface area contributed by atoms with Crippen molar-refractivity contribution >= 4 is 10.9 Å². The summed E-state index contributed by atoms with van der Waals surface area (Å²) in [6.07, 6.45) is 0. The molecule has 1 N–H and O–H groups in total. The van der Waals surface area contributed by atoms with Crippen molar-refractivity contribution in [1.82, 2.24) is 14.9 Å². The van der Waals surface area contributed by atoms with E-state index in [0.717, 1.165) is 43.9 Å². The van der Waals surface area contributed by atoms with Gasteiger partial charge in [-0.1, -0.05) is 30.3 Å². The Kier molecular flexibility index (Phi) is 4.11. The Labute approximate surface area is 139 Å². The highest BCUT2D eigenvalue weighted by Gasteiger charge is 2.12. The number of ether oxygens (including phenoxy) is 1. The third-order valence-electron chi connectivity index (χ3n) is 4.32. The first-order chi connectivity index (χ1) is 11.8. The van der Waals surface area contributed by atoms with Gasteiger partial charge in [-0.2, -0.15) is 0 Å². The molecular formula is C19H19N3O2. The SMILES string of the molecule is O=c1[nH]c(-c2cccc(CN3CCOCC3)c2)nc2ccccc12. The first-order valence-electron chi connectivity index (χ1n) is 8.18. The van der Waals surface area contributed by atoms with Crippen LogP contribution in [0.3, 0.4) is 0 Å². The zero-order valence-electron chi connectivity index (χ0n) is 13.4. The van der Waals surface area contributed by atoms with Crippen LogP contribution in [0.15, 0.2) is 53.3 Å². The quantitative estimate of drug-likeness (QED) is 0.805. The molecule has 0 unspecified atom stereocenters. The van der Waals surface area contributed by atoms with Crippen molar-refractivity contribution in [3.8, 4) is 11.4 Å². The lowest BCUT2D eigenvalue weighted by Gasteiger charge is -2.26. The van der Waals surface area contributed by atoms with E-state index in [9.17, 15) is 4.79 Å². The summed E-state index contributed by atoms with van der Waals surface area (Å²) in [5.74, 6) is 0.613. The van der Waals surface area contributed by atoms with Crippen LogP contribution < -0.4 is 5.56 Å². The van der Waals surface area contributed by atoms with Crippen molar-refractivity contribution in [2.45, 2.75) is 6.54 Å². The van der Waals surface area contributed by atoms with Crippen molar-refractivity contribution in [2.24, 2.45) is 0 Å². The summed E-state index contributed by atoms with van der Waals surface area (Å²) in [5.41, 5.74) is 2.76. The van der Waals surface area contributed by atoms with Crippen molar-refractivity contribution in [1.29, 1.82) is 0 Å². The zero-order chi connectivity index (χ0) is 16.4. The highest BCUT2D eigenvalue weighted by molar-refractivity contribution is 5.79. The molecule has 122 valence electrons. The molecule has 1 aromatic heterocycles. The zero-order valence-corrected chi connectivity index (χ0v) is 13.4. The van der Waals surface area contributed by atoms with Gasteiger partial charge >= 0.3 is 0 Å². The summed E-state index contributed by atoms with van der Waals surface area (Å²) in [7, 11) is 0. The molecule has 1 aliphatic rings. The molecule has 0 amide bonds. The Morgan fingerprint density at radius 3 is 2.79 bits per heavy atom. The number of aromatic amines is 1. The molecule has 3 aromatic rings. The van der Waals surface area contributed by atoms with Gasteiger partial charge in [0.05, 0.1) is 24.1 Å². The van der Waals surface area contributed by atoms with Gasteiger partial charge in [0.15, 0.2) is 0 Å². The second kappa shape index (κ2) is 6.55. The van der Waals surface area contributed by atoms with Gasteiger partial charge in [0.2, 0.25) is 0 Å². The number of fused-ring (bicyclic) bond motifs is 1. The molecule has 1 saturated heterocycles. The minimum Gasteiger partial charge on any atom is -0.379 e.